The second kappa shape index (κ2) is 11.4. The van der Waals surface area contributed by atoms with Gasteiger partial charge in [-0.2, -0.15) is 0 Å². The van der Waals surface area contributed by atoms with Crippen molar-refractivity contribution < 1.29 is 9.47 Å². The van der Waals surface area contributed by atoms with Crippen LogP contribution in [0.5, 0.6) is 11.5 Å². The molecule has 0 saturated heterocycles. The Bertz CT molecular complexity index is 956. The average Bonchev–Trinajstić information content (AvgIpc) is 2.84. The zero-order valence-corrected chi connectivity index (χ0v) is 19.1. The molecule has 0 fully saturated rings. The lowest BCUT2D eigenvalue weighted by molar-refractivity contribution is 0.223. The highest BCUT2D eigenvalue weighted by molar-refractivity contribution is 5.97. The molecule has 3 aromatic carbocycles. The molecule has 0 aromatic heterocycles. The van der Waals surface area contributed by atoms with E-state index in [4.69, 9.17) is 9.47 Å². The molecule has 0 amide bonds. The Labute approximate surface area is 186 Å². The summed E-state index contributed by atoms with van der Waals surface area (Å²) in [6.45, 7) is 10.3. The molecular weight excluding hydrogens is 382 g/mol. The van der Waals surface area contributed by atoms with Crippen molar-refractivity contribution in [3.05, 3.63) is 95.6 Å². The van der Waals surface area contributed by atoms with Crippen molar-refractivity contribution in [2.24, 2.45) is 0 Å². The molecule has 0 saturated carbocycles. The maximum Gasteiger partial charge on any atom is 0.119 e. The predicted octanol–water partition coefficient (Wildman–Crippen LogP) is 6.39. The van der Waals surface area contributed by atoms with Crippen LogP contribution in [0.4, 0.5) is 0 Å². The van der Waals surface area contributed by atoms with Crippen molar-refractivity contribution in [3.63, 3.8) is 0 Å². The van der Waals surface area contributed by atoms with Crippen LogP contribution in [0.1, 0.15) is 37.5 Å². The van der Waals surface area contributed by atoms with Gasteiger partial charge in [0.1, 0.15) is 18.1 Å². The monoisotopic (exact) mass is 415 g/mol. The first-order chi connectivity index (χ1) is 15.2. The zero-order valence-electron chi connectivity index (χ0n) is 19.1. The first kappa shape index (κ1) is 22.6. The molecule has 0 heterocycles. The quantitative estimate of drug-likeness (QED) is 0.358. The summed E-state index contributed by atoms with van der Waals surface area (Å²) in [7, 11) is 1.69. The van der Waals surface area contributed by atoms with E-state index in [1.165, 1.54) is 22.3 Å². The second-order valence-corrected chi connectivity index (χ2v) is 7.49. The number of hydrogen-bond acceptors (Lipinski definition) is 3. The van der Waals surface area contributed by atoms with E-state index in [1.807, 2.05) is 18.2 Å². The fourth-order valence-electron chi connectivity index (χ4n) is 3.74. The molecule has 0 aliphatic rings. The van der Waals surface area contributed by atoms with E-state index in [0.717, 1.165) is 36.7 Å². The standard InChI is InChI=1S/C28H33NO2/c1-5-29(6-2)20-21-31-27-18-14-25(15-19-27)28(22(3)23-10-8-7-9-11-23)24-12-16-26(30-4)17-13-24/h7-19H,5-6,20-21H2,1-4H3/b28-22-. The van der Waals surface area contributed by atoms with Crippen molar-refractivity contribution in [1.29, 1.82) is 0 Å². The summed E-state index contributed by atoms with van der Waals surface area (Å²) in [5.41, 5.74) is 6.00. The normalized spacial score (nSPS) is 11.9. The van der Waals surface area contributed by atoms with E-state index in [9.17, 15) is 0 Å². The highest BCUT2D eigenvalue weighted by atomic mass is 16.5. The number of hydrogen-bond donors (Lipinski definition) is 0. The Morgan fingerprint density at radius 2 is 1.26 bits per heavy atom. The van der Waals surface area contributed by atoms with Crippen molar-refractivity contribution in [2.45, 2.75) is 20.8 Å². The van der Waals surface area contributed by atoms with Crippen molar-refractivity contribution in [2.75, 3.05) is 33.4 Å². The van der Waals surface area contributed by atoms with Crippen LogP contribution in [0, 0.1) is 0 Å². The van der Waals surface area contributed by atoms with Gasteiger partial charge in [-0.25, -0.2) is 0 Å². The number of benzene rings is 3. The minimum absolute atomic E-state index is 0.700. The molecule has 3 rings (SSSR count). The van der Waals surface area contributed by atoms with Crippen LogP contribution in [-0.4, -0.2) is 38.3 Å². The molecule has 162 valence electrons. The summed E-state index contributed by atoms with van der Waals surface area (Å²) >= 11 is 0. The first-order valence-corrected chi connectivity index (χ1v) is 11.0. The summed E-state index contributed by atoms with van der Waals surface area (Å²) in [4.78, 5) is 2.36. The molecule has 0 N–H and O–H groups in total. The number of ether oxygens (including phenoxy) is 2. The SMILES string of the molecule is CCN(CC)CCOc1ccc(/C(=C(/C)c2ccccc2)c2ccc(OC)cc2)cc1. The van der Waals surface area contributed by atoms with E-state index in [2.05, 4.69) is 86.3 Å². The average molecular weight is 416 g/mol. The van der Waals surface area contributed by atoms with E-state index < -0.39 is 0 Å². The van der Waals surface area contributed by atoms with Gasteiger partial charge in [0.2, 0.25) is 0 Å². The molecule has 0 radical (unpaired) electrons. The smallest absolute Gasteiger partial charge is 0.119 e. The molecule has 0 aliphatic carbocycles. The third kappa shape index (κ3) is 5.99. The number of rotatable bonds is 10. The number of likely N-dealkylation sites (N-methyl/N-ethyl adjacent to an activating group) is 1. The van der Waals surface area contributed by atoms with Crippen LogP contribution in [0.25, 0.3) is 11.1 Å². The van der Waals surface area contributed by atoms with E-state index >= 15 is 0 Å². The molecule has 0 aliphatic heterocycles. The Balaban J connectivity index is 1.89. The van der Waals surface area contributed by atoms with Crippen LogP contribution < -0.4 is 9.47 Å². The topological polar surface area (TPSA) is 21.7 Å². The molecule has 3 heteroatoms. The first-order valence-electron chi connectivity index (χ1n) is 11.0. The fourth-order valence-corrected chi connectivity index (χ4v) is 3.74. The summed E-state index contributed by atoms with van der Waals surface area (Å²) in [5, 5.41) is 0. The lowest BCUT2D eigenvalue weighted by Gasteiger charge is -2.18. The summed E-state index contributed by atoms with van der Waals surface area (Å²) < 4.78 is 11.3. The van der Waals surface area contributed by atoms with Crippen molar-refractivity contribution in [3.8, 4) is 11.5 Å². The molecule has 0 unspecified atom stereocenters. The molecule has 3 aromatic rings. The lowest BCUT2D eigenvalue weighted by atomic mass is 9.90. The van der Waals surface area contributed by atoms with Crippen molar-refractivity contribution in [1.82, 2.24) is 4.90 Å². The minimum Gasteiger partial charge on any atom is -0.497 e. The van der Waals surface area contributed by atoms with Gasteiger partial charge in [0.15, 0.2) is 0 Å². The Hall–Kier alpha value is -3.04. The third-order valence-corrected chi connectivity index (χ3v) is 5.67. The minimum atomic E-state index is 0.700. The van der Waals surface area contributed by atoms with Gasteiger partial charge in [0.25, 0.3) is 0 Å². The Morgan fingerprint density at radius 3 is 1.77 bits per heavy atom. The summed E-state index contributed by atoms with van der Waals surface area (Å²) in [6, 6.07) is 27.2. The molecule has 31 heavy (non-hydrogen) atoms. The third-order valence-electron chi connectivity index (χ3n) is 5.67. The van der Waals surface area contributed by atoms with Crippen LogP contribution >= 0.6 is 0 Å². The fraction of sp³-hybridized carbons (Fsp3) is 0.286. The molecule has 0 atom stereocenters. The molecular formula is C28H33NO2. The maximum absolute atomic E-state index is 5.98. The van der Waals surface area contributed by atoms with Crippen LogP contribution in [-0.2, 0) is 0 Å². The molecule has 0 spiro atoms. The van der Waals surface area contributed by atoms with E-state index in [-0.39, 0.29) is 0 Å². The van der Waals surface area contributed by atoms with Gasteiger partial charge in [-0.15, -0.1) is 0 Å². The zero-order chi connectivity index (χ0) is 22.1. The summed E-state index contributed by atoms with van der Waals surface area (Å²) in [5.74, 6) is 1.76. The predicted molar refractivity (Wildman–Crippen MR) is 131 cm³/mol. The summed E-state index contributed by atoms with van der Waals surface area (Å²) in [6.07, 6.45) is 0. The van der Waals surface area contributed by atoms with Gasteiger partial charge in [-0.05, 0) is 72.1 Å². The number of nitrogens with zero attached hydrogens (tertiary/aromatic N) is 1. The molecule has 0 bridgehead atoms. The van der Waals surface area contributed by atoms with Gasteiger partial charge < -0.3 is 14.4 Å². The van der Waals surface area contributed by atoms with Crippen LogP contribution in [0.2, 0.25) is 0 Å². The maximum atomic E-state index is 5.98. The van der Waals surface area contributed by atoms with Crippen LogP contribution in [0.15, 0.2) is 78.9 Å². The van der Waals surface area contributed by atoms with Gasteiger partial charge in [0.05, 0.1) is 7.11 Å². The number of allylic oxidation sites excluding steroid dienone is 1. The second-order valence-electron chi connectivity index (χ2n) is 7.49. The largest absolute Gasteiger partial charge is 0.497 e. The van der Waals surface area contributed by atoms with E-state index in [1.54, 1.807) is 7.11 Å². The number of methoxy groups -OCH3 is 1. The van der Waals surface area contributed by atoms with Gasteiger partial charge in [0, 0.05) is 6.54 Å². The van der Waals surface area contributed by atoms with Gasteiger partial charge in [-0.1, -0.05) is 68.4 Å². The Kier molecular flexibility index (Phi) is 8.31. The lowest BCUT2D eigenvalue weighted by Crippen LogP contribution is -2.27. The Morgan fingerprint density at radius 1 is 0.710 bits per heavy atom. The van der Waals surface area contributed by atoms with Crippen LogP contribution in [0.3, 0.4) is 0 Å². The van der Waals surface area contributed by atoms with Gasteiger partial charge >= 0.3 is 0 Å². The molecule has 3 nitrogen and oxygen atoms in total. The van der Waals surface area contributed by atoms with Crippen molar-refractivity contribution >= 4 is 11.1 Å². The highest BCUT2D eigenvalue weighted by Gasteiger charge is 2.11. The van der Waals surface area contributed by atoms with Gasteiger partial charge in [-0.3, -0.25) is 0 Å². The highest BCUT2D eigenvalue weighted by Crippen LogP contribution is 2.33. The van der Waals surface area contributed by atoms with E-state index in [0.29, 0.717) is 6.61 Å².